The van der Waals surface area contributed by atoms with Crippen LogP contribution in [0.2, 0.25) is 0 Å². The van der Waals surface area contributed by atoms with Crippen molar-refractivity contribution in [2.24, 2.45) is 4.99 Å². The van der Waals surface area contributed by atoms with Gasteiger partial charge in [-0.05, 0) is 55.2 Å². The number of benzene rings is 2. The van der Waals surface area contributed by atoms with Crippen LogP contribution in [0.5, 0.6) is 17.2 Å². The number of phenolic OH excluding ortho intramolecular Hbond substituents is 1. The second kappa shape index (κ2) is 14.1. The lowest BCUT2D eigenvalue weighted by atomic mass is 10.1. The number of nitrogens with one attached hydrogen (secondary N) is 1. The second-order valence-corrected chi connectivity index (χ2v) is 7.96. The van der Waals surface area contributed by atoms with E-state index in [2.05, 4.69) is 34.2 Å². The van der Waals surface area contributed by atoms with Gasteiger partial charge in [-0.25, -0.2) is 0 Å². The number of hydrogen-bond acceptors (Lipinski definition) is 5. The molecular weight excluding hydrogens is 531 g/mol. The van der Waals surface area contributed by atoms with E-state index in [9.17, 15) is 5.11 Å². The summed E-state index contributed by atoms with van der Waals surface area (Å²) in [6.45, 7) is 8.55. The number of aromatic hydroxyl groups is 1. The Morgan fingerprint density at radius 2 is 1.64 bits per heavy atom. The number of methoxy groups -OCH3 is 2. The first-order valence-corrected chi connectivity index (χ1v) is 11.4. The first-order valence-electron chi connectivity index (χ1n) is 11.4. The molecule has 2 aromatic carbocycles. The van der Waals surface area contributed by atoms with E-state index in [0.29, 0.717) is 5.75 Å². The molecule has 1 fully saturated rings. The van der Waals surface area contributed by atoms with Gasteiger partial charge in [0.2, 0.25) is 0 Å². The summed E-state index contributed by atoms with van der Waals surface area (Å²) in [5, 5.41) is 12.8. The fraction of sp³-hybridized carbons (Fsp3) is 0.480. The second-order valence-electron chi connectivity index (χ2n) is 7.96. The van der Waals surface area contributed by atoms with Crippen molar-refractivity contribution in [3.05, 3.63) is 53.6 Å². The van der Waals surface area contributed by atoms with Crippen LogP contribution in [-0.4, -0.2) is 74.4 Å². The molecule has 0 atom stereocenters. The number of phenols is 1. The molecule has 1 aliphatic heterocycles. The maximum absolute atomic E-state index is 9.40. The van der Waals surface area contributed by atoms with Crippen molar-refractivity contribution >= 4 is 29.9 Å². The van der Waals surface area contributed by atoms with Gasteiger partial charge in [0.25, 0.3) is 0 Å². The fourth-order valence-corrected chi connectivity index (χ4v) is 3.91. The molecule has 2 N–H and O–H groups in total. The predicted molar refractivity (Wildman–Crippen MR) is 144 cm³/mol. The molecule has 0 spiro atoms. The quantitative estimate of drug-likeness (QED) is 0.208. The standard InChI is InChI=1S/C25H36N4O3.HI/c1-4-26-25(27-13-5-6-20-7-10-22(30)11-8-20)29-16-14-28(15-17-29)19-21-9-12-23(31-2)24(18-21)32-3;/h7-12,18,30H,4-6,13-17,19H2,1-3H3,(H,26,27);1H. The van der Waals surface area contributed by atoms with E-state index < -0.39 is 0 Å². The van der Waals surface area contributed by atoms with Crippen LogP contribution in [-0.2, 0) is 13.0 Å². The molecule has 3 rings (SSSR count). The highest BCUT2D eigenvalue weighted by Gasteiger charge is 2.20. The number of halogens is 1. The number of guanidine groups is 1. The highest BCUT2D eigenvalue weighted by Crippen LogP contribution is 2.28. The van der Waals surface area contributed by atoms with Crippen LogP contribution >= 0.6 is 24.0 Å². The molecular formula is C25H37IN4O3. The van der Waals surface area contributed by atoms with Crippen LogP contribution in [0.4, 0.5) is 0 Å². The van der Waals surface area contributed by atoms with Gasteiger partial charge in [-0.3, -0.25) is 9.89 Å². The average Bonchev–Trinajstić information content (AvgIpc) is 2.82. The van der Waals surface area contributed by atoms with Crippen LogP contribution in [0.3, 0.4) is 0 Å². The molecule has 0 radical (unpaired) electrons. The SMILES string of the molecule is CCNC(=NCCCc1ccc(O)cc1)N1CCN(Cc2ccc(OC)c(OC)c2)CC1.I. The molecule has 0 bridgehead atoms. The van der Waals surface area contributed by atoms with Gasteiger partial charge >= 0.3 is 0 Å². The Morgan fingerprint density at radius 1 is 0.970 bits per heavy atom. The van der Waals surface area contributed by atoms with Crippen molar-refractivity contribution in [2.75, 3.05) is 53.5 Å². The third-order valence-electron chi connectivity index (χ3n) is 5.68. The minimum Gasteiger partial charge on any atom is -0.508 e. The first kappa shape index (κ1) is 27.0. The molecule has 1 heterocycles. The van der Waals surface area contributed by atoms with E-state index >= 15 is 0 Å². The molecule has 182 valence electrons. The Labute approximate surface area is 214 Å². The minimum absolute atomic E-state index is 0. The van der Waals surface area contributed by atoms with Gasteiger partial charge in [0, 0.05) is 45.8 Å². The van der Waals surface area contributed by atoms with Gasteiger partial charge in [0.05, 0.1) is 14.2 Å². The lowest BCUT2D eigenvalue weighted by Crippen LogP contribution is -2.52. The topological polar surface area (TPSA) is 69.6 Å². The van der Waals surface area contributed by atoms with Gasteiger partial charge in [-0.15, -0.1) is 24.0 Å². The molecule has 0 aliphatic carbocycles. The number of piperazine rings is 1. The van der Waals surface area contributed by atoms with Crippen molar-refractivity contribution in [3.8, 4) is 17.2 Å². The Bertz CT molecular complexity index is 868. The van der Waals surface area contributed by atoms with Crippen LogP contribution in [0.15, 0.2) is 47.5 Å². The molecule has 2 aromatic rings. The summed E-state index contributed by atoms with van der Waals surface area (Å²) in [5.74, 6) is 2.85. The molecule has 1 aliphatic rings. The number of ether oxygens (including phenoxy) is 2. The van der Waals surface area contributed by atoms with Gasteiger partial charge in [-0.2, -0.15) is 0 Å². The zero-order chi connectivity index (χ0) is 22.8. The molecule has 0 unspecified atom stereocenters. The summed E-state index contributed by atoms with van der Waals surface area (Å²) in [6.07, 6.45) is 1.95. The Morgan fingerprint density at radius 3 is 2.27 bits per heavy atom. The molecule has 33 heavy (non-hydrogen) atoms. The Kier molecular flexibility index (Phi) is 11.6. The lowest BCUT2D eigenvalue weighted by Gasteiger charge is -2.36. The summed E-state index contributed by atoms with van der Waals surface area (Å²) in [6, 6.07) is 13.6. The van der Waals surface area contributed by atoms with Crippen molar-refractivity contribution in [1.82, 2.24) is 15.1 Å². The molecule has 8 heteroatoms. The Hall–Kier alpha value is -2.20. The summed E-state index contributed by atoms with van der Waals surface area (Å²) in [5.41, 5.74) is 2.46. The van der Waals surface area contributed by atoms with E-state index in [4.69, 9.17) is 14.5 Å². The van der Waals surface area contributed by atoms with Gasteiger partial charge in [0.1, 0.15) is 5.75 Å². The van der Waals surface area contributed by atoms with Crippen molar-refractivity contribution in [1.29, 1.82) is 0 Å². The molecule has 7 nitrogen and oxygen atoms in total. The summed E-state index contributed by atoms with van der Waals surface area (Å²) < 4.78 is 10.8. The van der Waals surface area contributed by atoms with E-state index in [1.165, 1.54) is 11.1 Å². The van der Waals surface area contributed by atoms with Crippen LogP contribution in [0.25, 0.3) is 0 Å². The third-order valence-corrected chi connectivity index (χ3v) is 5.68. The van der Waals surface area contributed by atoms with Crippen molar-refractivity contribution in [3.63, 3.8) is 0 Å². The maximum atomic E-state index is 9.40. The number of aliphatic imine (C=N–C) groups is 1. The van der Waals surface area contributed by atoms with Crippen LogP contribution in [0, 0.1) is 0 Å². The van der Waals surface area contributed by atoms with E-state index in [0.717, 1.165) is 76.1 Å². The highest BCUT2D eigenvalue weighted by atomic mass is 127. The number of nitrogens with zero attached hydrogens (tertiary/aromatic N) is 3. The molecule has 0 aromatic heterocycles. The Balaban J connectivity index is 0.00000385. The molecule has 0 amide bonds. The number of aryl methyl sites for hydroxylation is 1. The predicted octanol–water partition coefficient (Wildman–Crippen LogP) is 3.74. The summed E-state index contributed by atoms with van der Waals surface area (Å²) >= 11 is 0. The van der Waals surface area contributed by atoms with Crippen LogP contribution in [0.1, 0.15) is 24.5 Å². The lowest BCUT2D eigenvalue weighted by molar-refractivity contribution is 0.172. The van der Waals surface area contributed by atoms with E-state index in [1.54, 1.807) is 26.4 Å². The smallest absolute Gasteiger partial charge is 0.194 e. The van der Waals surface area contributed by atoms with Crippen molar-refractivity contribution < 1.29 is 14.6 Å². The zero-order valence-corrected chi connectivity index (χ0v) is 22.2. The van der Waals surface area contributed by atoms with Gasteiger partial charge < -0.3 is 24.8 Å². The number of rotatable bonds is 9. The van der Waals surface area contributed by atoms with Gasteiger partial charge in [-0.1, -0.05) is 18.2 Å². The summed E-state index contributed by atoms with van der Waals surface area (Å²) in [4.78, 5) is 9.67. The van der Waals surface area contributed by atoms with Gasteiger partial charge in [0.15, 0.2) is 17.5 Å². The minimum atomic E-state index is 0. The van der Waals surface area contributed by atoms with E-state index in [1.807, 2.05) is 18.2 Å². The van der Waals surface area contributed by atoms with Crippen LogP contribution < -0.4 is 14.8 Å². The largest absolute Gasteiger partial charge is 0.508 e. The van der Waals surface area contributed by atoms with E-state index in [-0.39, 0.29) is 24.0 Å². The fourth-order valence-electron chi connectivity index (χ4n) is 3.91. The molecule has 0 saturated carbocycles. The molecule has 1 saturated heterocycles. The monoisotopic (exact) mass is 568 g/mol. The zero-order valence-electron chi connectivity index (χ0n) is 19.9. The normalized spacial score (nSPS) is 14.5. The van der Waals surface area contributed by atoms with Crippen molar-refractivity contribution in [2.45, 2.75) is 26.3 Å². The third kappa shape index (κ3) is 8.26. The highest BCUT2D eigenvalue weighted by molar-refractivity contribution is 14.0. The number of hydrogen-bond donors (Lipinski definition) is 2. The maximum Gasteiger partial charge on any atom is 0.194 e. The average molecular weight is 569 g/mol. The first-order chi connectivity index (χ1) is 15.6. The summed E-state index contributed by atoms with van der Waals surface area (Å²) in [7, 11) is 3.33.